The Morgan fingerprint density at radius 2 is 2.13 bits per heavy atom. The fourth-order valence-corrected chi connectivity index (χ4v) is 2.51. The van der Waals surface area contributed by atoms with Crippen LogP contribution in [0.1, 0.15) is 6.92 Å². The lowest BCUT2D eigenvalue weighted by Gasteiger charge is -2.04. The molecule has 0 aliphatic carbocycles. The van der Waals surface area contributed by atoms with E-state index >= 15 is 0 Å². The standard InChI is InChI=1S/C11H8O2S2/c1-7(12)13-9-6-11(14)15-10-5-3-2-4-8(9)10/h2-6H,1H3. The quantitative estimate of drug-likeness (QED) is 0.559. The molecule has 2 rings (SSSR count). The average Bonchev–Trinajstić information content (AvgIpc) is 2.16. The van der Waals surface area contributed by atoms with Gasteiger partial charge < -0.3 is 4.74 Å². The lowest BCUT2D eigenvalue weighted by molar-refractivity contribution is -0.131. The first kappa shape index (κ1) is 10.3. The number of ether oxygens (including phenoxy) is 1. The van der Waals surface area contributed by atoms with Gasteiger partial charge in [0.15, 0.2) is 0 Å². The number of benzene rings is 1. The molecule has 1 aromatic heterocycles. The van der Waals surface area contributed by atoms with Gasteiger partial charge in [0.1, 0.15) is 5.75 Å². The number of rotatable bonds is 1. The summed E-state index contributed by atoms with van der Waals surface area (Å²) >= 11 is 6.61. The third-order valence-corrected chi connectivity index (χ3v) is 3.13. The molecule has 2 aromatic rings. The van der Waals surface area contributed by atoms with Gasteiger partial charge in [0, 0.05) is 23.1 Å². The lowest BCUT2D eigenvalue weighted by Crippen LogP contribution is -2.01. The van der Waals surface area contributed by atoms with Crippen LogP contribution in [0.5, 0.6) is 5.75 Å². The van der Waals surface area contributed by atoms with E-state index in [2.05, 4.69) is 0 Å². The molecule has 15 heavy (non-hydrogen) atoms. The molecule has 1 aromatic carbocycles. The zero-order valence-electron chi connectivity index (χ0n) is 8.02. The van der Waals surface area contributed by atoms with Gasteiger partial charge in [0.2, 0.25) is 0 Å². The SMILES string of the molecule is CC(=O)Oc1cc(=S)sc2ccccc12. The number of hydrogen-bond donors (Lipinski definition) is 0. The minimum Gasteiger partial charge on any atom is -0.426 e. The maximum absolute atomic E-state index is 10.9. The molecule has 0 radical (unpaired) electrons. The summed E-state index contributed by atoms with van der Waals surface area (Å²) in [6.45, 7) is 1.38. The van der Waals surface area contributed by atoms with Crippen molar-refractivity contribution in [1.29, 1.82) is 0 Å². The molecule has 0 unspecified atom stereocenters. The van der Waals surface area contributed by atoms with E-state index in [9.17, 15) is 4.79 Å². The second-order valence-electron chi connectivity index (χ2n) is 3.02. The van der Waals surface area contributed by atoms with Crippen LogP contribution in [0.2, 0.25) is 0 Å². The Kier molecular flexibility index (Phi) is 2.79. The van der Waals surface area contributed by atoms with Crippen molar-refractivity contribution in [2.24, 2.45) is 0 Å². The van der Waals surface area contributed by atoms with E-state index in [0.29, 0.717) is 9.57 Å². The summed E-state index contributed by atoms with van der Waals surface area (Å²) in [5.74, 6) is 0.215. The van der Waals surface area contributed by atoms with E-state index in [4.69, 9.17) is 17.0 Å². The fourth-order valence-electron chi connectivity index (χ4n) is 1.32. The van der Waals surface area contributed by atoms with Crippen LogP contribution >= 0.6 is 23.6 Å². The van der Waals surface area contributed by atoms with Gasteiger partial charge in [0.05, 0.1) is 3.82 Å². The molecule has 1 heterocycles. The fraction of sp³-hybridized carbons (Fsp3) is 0.0909. The van der Waals surface area contributed by atoms with Gasteiger partial charge in [-0.25, -0.2) is 0 Å². The predicted octanol–water partition coefficient (Wildman–Crippen LogP) is 3.56. The van der Waals surface area contributed by atoms with Crippen molar-refractivity contribution in [3.63, 3.8) is 0 Å². The Morgan fingerprint density at radius 3 is 2.87 bits per heavy atom. The Balaban J connectivity index is 2.71. The van der Waals surface area contributed by atoms with Crippen LogP contribution in [0, 0.1) is 3.82 Å². The van der Waals surface area contributed by atoms with Gasteiger partial charge >= 0.3 is 5.97 Å². The largest absolute Gasteiger partial charge is 0.426 e. The first-order chi connectivity index (χ1) is 7.16. The van der Waals surface area contributed by atoms with Gasteiger partial charge in [0.25, 0.3) is 0 Å². The summed E-state index contributed by atoms with van der Waals surface area (Å²) in [5, 5.41) is 0.923. The van der Waals surface area contributed by atoms with Gasteiger partial charge in [-0.3, -0.25) is 4.79 Å². The molecule has 0 saturated heterocycles. The normalized spacial score (nSPS) is 10.2. The highest BCUT2D eigenvalue weighted by Crippen LogP contribution is 2.29. The molecule has 76 valence electrons. The molecule has 2 nitrogen and oxygen atoms in total. The summed E-state index contributed by atoms with van der Waals surface area (Å²) in [7, 11) is 0. The monoisotopic (exact) mass is 236 g/mol. The smallest absolute Gasteiger partial charge is 0.308 e. The first-order valence-corrected chi connectivity index (χ1v) is 5.60. The van der Waals surface area contributed by atoms with Crippen molar-refractivity contribution in [3.8, 4) is 5.75 Å². The minimum absolute atomic E-state index is 0.328. The zero-order valence-corrected chi connectivity index (χ0v) is 9.65. The molecule has 0 amide bonds. The van der Waals surface area contributed by atoms with E-state index < -0.39 is 0 Å². The summed E-state index contributed by atoms with van der Waals surface area (Å²) in [6, 6.07) is 9.43. The van der Waals surface area contributed by atoms with Crippen LogP contribution in [-0.2, 0) is 4.79 Å². The highest BCUT2D eigenvalue weighted by atomic mass is 32.1. The minimum atomic E-state index is -0.328. The van der Waals surface area contributed by atoms with Gasteiger partial charge in [-0.05, 0) is 12.1 Å². The molecule has 0 aliphatic rings. The van der Waals surface area contributed by atoms with Gasteiger partial charge in [-0.1, -0.05) is 24.4 Å². The molecule has 0 atom stereocenters. The Morgan fingerprint density at radius 1 is 1.40 bits per heavy atom. The molecule has 0 fully saturated rings. The maximum Gasteiger partial charge on any atom is 0.308 e. The maximum atomic E-state index is 10.9. The van der Waals surface area contributed by atoms with E-state index in [1.807, 2.05) is 24.3 Å². The van der Waals surface area contributed by atoms with E-state index in [-0.39, 0.29) is 5.97 Å². The van der Waals surface area contributed by atoms with Gasteiger partial charge in [-0.2, -0.15) is 0 Å². The number of hydrogen-bond acceptors (Lipinski definition) is 4. The second-order valence-corrected chi connectivity index (χ2v) is 4.80. The van der Waals surface area contributed by atoms with Crippen LogP contribution in [0.3, 0.4) is 0 Å². The second kappa shape index (κ2) is 4.08. The van der Waals surface area contributed by atoms with E-state index in [1.54, 1.807) is 6.07 Å². The van der Waals surface area contributed by atoms with Crippen molar-refractivity contribution in [2.75, 3.05) is 0 Å². The molecule has 0 bridgehead atoms. The van der Waals surface area contributed by atoms with Crippen molar-refractivity contribution < 1.29 is 9.53 Å². The molecule has 0 aliphatic heterocycles. The van der Waals surface area contributed by atoms with Crippen molar-refractivity contribution in [1.82, 2.24) is 0 Å². The lowest BCUT2D eigenvalue weighted by atomic mass is 10.2. The number of fused-ring (bicyclic) bond motifs is 1. The average molecular weight is 236 g/mol. The molecular formula is C11H8O2S2. The van der Waals surface area contributed by atoms with Crippen LogP contribution in [0.25, 0.3) is 10.1 Å². The highest BCUT2D eigenvalue weighted by Gasteiger charge is 2.04. The molecule has 0 N–H and O–H groups in total. The number of carbonyl (C=O) groups is 1. The third kappa shape index (κ3) is 2.22. The van der Waals surface area contributed by atoms with Crippen LogP contribution in [0.15, 0.2) is 30.3 Å². The van der Waals surface area contributed by atoms with Gasteiger partial charge in [-0.15, -0.1) is 11.3 Å². The van der Waals surface area contributed by atoms with Crippen LogP contribution in [0.4, 0.5) is 0 Å². The Bertz CT molecular complexity index is 572. The Hall–Kier alpha value is -1.26. The van der Waals surface area contributed by atoms with Crippen LogP contribution < -0.4 is 4.74 Å². The summed E-state index contributed by atoms with van der Waals surface area (Å²) in [5.41, 5.74) is 0. The summed E-state index contributed by atoms with van der Waals surface area (Å²) in [6.07, 6.45) is 0. The predicted molar refractivity (Wildman–Crippen MR) is 64.0 cm³/mol. The number of carbonyl (C=O) groups excluding carboxylic acids is 1. The summed E-state index contributed by atoms with van der Waals surface area (Å²) in [4.78, 5) is 10.9. The number of esters is 1. The molecule has 0 spiro atoms. The molecular weight excluding hydrogens is 228 g/mol. The van der Waals surface area contributed by atoms with E-state index in [1.165, 1.54) is 18.3 Å². The molecule has 4 heteroatoms. The molecule has 0 saturated carbocycles. The topological polar surface area (TPSA) is 26.3 Å². The Labute approximate surface area is 96.1 Å². The zero-order chi connectivity index (χ0) is 10.8. The first-order valence-electron chi connectivity index (χ1n) is 4.38. The van der Waals surface area contributed by atoms with Crippen molar-refractivity contribution >= 4 is 39.6 Å². The third-order valence-electron chi connectivity index (χ3n) is 1.87. The van der Waals surface area contributed by atoms with E-state index in [0.717, 1.165) is 10.1 Å². The highest BCUT2D eigenvalue weighted by molar-refractivity contribution is 7.73. The summed E-state index contributed by atoms with van der Waals surface area (Å²) < 4.78 is 6.85. The van der Waals surface area contributed by atoms with Crippen molar-refractivity contribution in [3.05, 3.63) is 34.2 Å². The van der Waals surface area contributed by atoms with Crippen molar-refractivity contribution in [2.45, 2.75) is 6.92 Å². The van der Waals surface area contributed by atoms with Crippen LogP contribution in [-0.4, -0.2) is 5.97 Å².